The average Bonchev–Trinajstić information content (AvgIpc) is 3.34. The Bertz CT molecular complexity index is 1810. The fraction of sp³-hybridized carbons (Fsp3) is 0.510. The summed E-state index contributed by atoms with van der Waals surface area (Å²) in [5.41, 5.74) is 2.96. The van der Waals surface area contributed by atoms with Gasteiger partial charge in [0.2, 0.25) is 17.7 Å². The summed E-state index contributed by atoms with van der Waals surface area (Å²) >= 11 is 0. The Hall–Kier alpha value is -5.76. The number of aliphatic hydroxyl groups is 1. The second-order valence-electron chi connectivity index (χ2n) is 15.5. The molecule has 0 bridgehead atoms. The summed E-state index contributed by atoms with van der Waals surface area (Å²) in [6, 6.07) is 28.7. The van der Waals surface area contributed by atoms with E-state index < -0.39 is 55.2 Å². The molecule has 4 N–H and O–H groups in total. The van der Waals surface area contributed by atoms with E-state index in [-0.39, 0.29) is 115 Å². The number of hydrogen-bond donors (Lipinski definition) is 4. The van der Waals surface area contributed by atoms with E-state index in [9.17, 15) is 33.9 Å². The van der Waals surface area contributed by atoms with Gasteiger partial charge in [-0.2, -0.15) is 0 Å². The number of esters is 3. The van der Waals surface area contributed by atoms with Crippen molar-refractivity contribution in [2.24, 2.45) is 0 Å². The molecule has 0 spiro atoms. The highest BCUT2D eigenvalue weighted by atomic mass is 16.7. The molecule has 18 nitrogen and oxygen atoms in total. The Labute approximate surface area is 391 Å². The first-order chi connectivity index (χ1) is 32.6. The van der Waals surface area contributed by atoms with Gasteiger partial charge in [0.1, 0.15) is 6.10 Å². The molecule has 1 heterocycles. The lowest BCUT2D eigenvalue weighted by molar-refractivity contribution is -0.302. The van der Waals surface area contributed by atoms with Crippen LogP contribution in [0.1, 0.15) is 74.5 Å². The van der Waals surface area contributed by atoms with E-state index in [2.05, 4.69) is 16.0 Å². The van der Waals surface area contributed by atoms with Gasteiger partial charge in [-0.1, -0.05) is 91.0 Å². The molecule has 1 aliphatic rings. The van der Waals surface area contributed by atoms with E-state index in [1.54, 1.807) is 0 Å². The standard InChI is InChI=1S/C49H65N3O15/c1-60-49-48(67-45(59)22-13-28-52-42(56)25-31-63-35-38-18-9-4-10-19-38)47(66-44(58)21-12-27-51-41(55)24-30-62-34-37-16-7-3-8-17-37)46(39(32-53)64-49)65-43(57)20-11-26-50-40(54)23-29-61-33-36-14-5-2-6-15-36/h2-10,14-19,39,46-49,53H,11-13,20-35H2,1H3,(H,50,54)(H,51,55)(H,52,56)/t39-,46-,47+,48-,49+/m1/s1. The zero-order chi connectivity index (χ0) is 47.9. The summed E-state index contributed by atoms with van der Waals surface area (Å²) in [4.78, 5) is 76.9. The lowest BCUT2D eigenvalue weighted by Gasteiger charge is -2.43. The SMILES string of the molecule is CO[C@H]1O[C@H](CO)[C@@H](OC(=O)CCCNC(=O)CCOCc2ccccc2)[C@H](OC(=O)CCCNC(=O)CCOCc2ccccc2)[C@H]1OC(=O)CCCNC(=O)CCOCc1ccccc1. The Balaban J connectivity index is 1.27. The summed E-state index contributed by atoms with van der Waals surface area (Å²) < 4.78 is 45.4. The maximum absolute atomic E-state index is 13.4. The zero-order valence-corrected chi connectivity index (χ0v) is 38.1. The molecule has 3 aromatic carbocycles. The van der Waals surface area contributed by atoms with Gasteiger partial charge in [0.05, 0.1) is 46.2 Å². The van der Waals surface area contributed by atoms with Gasteiger partial charge in [-0.3, -0.25) is 28.8 Å². The first-order valence-electron chi connectivity index (χ1n) is 22.7. The van der Waals surface area contributed by atoms with Crippen LogP contribution in [-0.2, 0) is 86.5 Å². The van der Waals surface area contributed by atoms with Gasteiger partial charge in [-0.05, 0) is 36.0 Å². The normalized spacial score (nSPS) is 17.7. The minimum absolute atomic E-state index is 0.118. The first kappa shape index (κ1) is 53.9. The van der Waals surface area contributed by atoms with Crippen molar-refractivity contribution >= 4 is 35.6 Å². The third-order valence-corrected chi connectivity index (χ3v) is 10.2. The molecule has 67 heavy (non-hydrogen) atoms. The van der Waals surface area contributed by atoms with Crippen LogP contribution in [0.4, 0.5) is 0 Å². The minimum atomic E-state index is -1.49. The van der Waals surface area contributed by atoms with Crippen LogP contribution in [0.25, 0.3) is 0 Å². The van der Waals surface area contributed by atoms with Crippen LogP contribution in [0.15, 0.2) is 91.0 Å². The lowest BCUT2D eigenvalue weighted by atomic mass is 9.98. The van der Waals surface area contributed by atoms with Crippen LogP contribution < -0.4 is 16.0 Å². The maximum Gasteiger partial charge on any atom is 0.306 e. The number of amides is 3. The smallest absolute Gasteiger partial charge is 0.306 e. The molecule has 1 saturated heterocycles. The van der Waals surface area contributed by atoms with Crippen LogP contribution in [0.2, 0.25) is 0 Å². The van der Waals surface area contributed by atoms with Crippen molar-refractivity contribution in [3.63, 3.8) is 0 Å². The van der Waals surface area contributed by atoms with Crippen molar-refractivity contribution in [3.05, 3.63) is 108 Å². The van der Waals surface area contributed by atoms with Gasteiger partial charge >= 0.3 is 17.9 Å². The number of carbonyl (C=O) groups excluding carboxylic acids is 6. The predicted octanol–water partition coefficient (Wildman–Crippen LogP) is 3.60. The summed E-state index contributed by atoms with van der Waals surface area (Å²) in [5, 5.41) is 18.5. The molecule has 3 amide bonds. The molecule has 0 aliphatic carbocycles. The number of carbonyl (C=O) groups is 6. The number of rotatable bonds is 32. The number of hydrogen-bond acceptors (Lipinski definition) is 15. The maximum atomic E-state index is 13.4. The molecule has 3 aromatic rings. The number of aliphatic hydroxyl groups excluding tert-OH is 1. The first-order valence-corrected chi connectivity index (χ1v) is 22.7. The van der Waals surface area contributed by atoms with Crippen molar-refractivity contribution in [2.45, 2.75) is 108 Å². The molecule has 366 valence electrons. The number of ether oxygens (including phenoxy) is 8. The number of methoxy groups -OCH3 is 1. The molecule has 0 radical (unpaired) electrons. The molecule has 18 heteroatoms. The van der Waals surface area contributed by atoms with E-state index in [0.717, 1.165) is 16.7 Å². The molecular formula is C49H65N3O15. The van der Waals surface area contributed by atoms with Crippen molar-refractivity contribution in [1.29, 1.82) is 0 Å². The fourth-order valence-electron chi connectivity index (χ4n) is 6.68. The van der Waals surface area contributed by atoms with E-state index in [1.165, 1.54) is 7.11 Å². The number of benzene rings is 3. The molecule has 0 unspecified atom stereocenters. The van der Waals surface area contributed by atoms with Gasteiger partial charge in [0.15, 0.2) is 24.6 Å². The highest BCUT2D eigenvalue weighted by molar-refractivity contribution is 5.77. The topological polar surface area (TPSA) is 233 Å². The molecule has 0 saturated carbocycles. The van der Waals surface area contributed by atoms with Gasteiger partial charge in [0.25, 0.3) is 0 Å². The van der Waals surface area contributed by atoms with E-state index in [0.29, 0.717) is 19.8 Å². The van der Waals surface area contributed by atoms with Crippen LogP contribution in [0.5, 0.6) is 0 Å². The summed E-state index contributed by atoms with van der Waals surface area (Å²) in [6.45, 7) is 1.52. The van der Waals surface area contributed by atoms with Gasteiger partial charge in [-0.15, -0.1) is 0 Å². The largest absolute Gasteiger partial charge is 0.455 e. The van der Waals surface area contributed by atoms with E-state index in [4.69, 9.17) is 37.9 Å². The van der Waals surface area contributed by atoms with E-state index >= 15 is 0 Å². The Morgan fingerprint density at radius 3 is 1.18 bits per heavy atom. The minimum Gasteiger partial charge on any atom is -0.455 e. The highest BCUT2D eigenvalue weighted by Gasteiger charge is 2.52. The summed E-state index contributed by atoms with van der Waals surface area (Å²) in [7, 11) is 1.27. The quantitative estimate of drug-likeness (QED) is 0.0398. The second-order valence-corrected chi connectivity index (χ2v) is 15.5. The third kappa shape index (κ3) is 22.1. The Morgan fingerprint density at radius 1 is 0.493 bits per heavy atom. The van der Waals surface area contributed by atoms with Crippen molar-refractivity contribution in [2.75, 3.05) is 53.2 Å². The van der Waals surface area contributed by atoms with E-state index in [1.807, 2.05) is 91.0 Å². The van der Waals surface area contributed by atoms with Crippen LogP contribution in [-0.4, -0.2) is 125 Å². The predicted molar refractivity (Wildman–Crippen MR) is 241 cm³/mol. The van der Waals surface area contributed by atoms with Crippen LogP contribution in [0.3, 0.4) is 0 Å². The lowest BCUT2D eigenvalue weighted by Crippen LogP contribution is -2.62. The summed E-state index contributed by atoms with van der Waals surface area (Å²) in [6.07, 6.45) is -6.55. The van der Waals surface area contributed by atoms with Crippen molar-refractivity contribution < 1.29 is 71.8 Å². The molecule has 5 atom stereocenters. The highest BCUT2D eigenvalue weighted by Crippen LogP contribution is 2.30. The fourth-order valence-corrected chi connectivity index (χ4v) is 6.68. The summed E-state index contributed by atoms with van der Waals surface area (Å²) in [5.74, 6) is -3.06. The van der Waals surface area contributed by atoms with Gasteiger partial charge in [0, 0.05) is 65.3 Å². The average molecular weight is 936 g/mol. The van der Waals surface area contributed by atoms with Crippen molar-refractivity contribution in [1.82, 2.24) is 16.0 Å². The third-order valence-electron chi connectivity index (χ3n) is 10.2. The van der Waals surface area contributed by atoms with Crippen LogP contribution in [0, 0.1) is 0 Å². The van der Waals surface area contributed by atoms with Gasteiger partial charge in [-0.25, -0.2) is 0 Å². The molecular weight excluding hydrogens is 871 g/mol. The van der Waals surface area contributed by atoms with Gasteiger partial charge < -0.3 is 59.0 Å². The molecule has 1 fully saturated rings. The monoisotopic (exact) mass is 935 g/mol. The molecule has 1 aliphatic heterocycles. The Morgan fingerprint density at radius 2 is 0.836 bits per heavy atom. The second kappa shape index (κ2) is 32.0. The number of nitrogens with one attached hydrogen (secondary N) is 3. The molecule has 4 rings (SSSR count). The van der Waals surface area contributed by atoms with Crippen molar-refractivity contribution in [3.8, 4) is 0 Å². The zero-order valence-electron chi connectivity index (χ0n) is 38.1. The Kier molecular flexibility index (Phi) is 25.7. The van der Waals surface area contributed by atoms with Crippen LogP contribution >= 0.6 is 0 Å². The molecule has 0 aromatic heterocycles.